The summed E-state index contributed by atoms with van der Waals surface area (Å²) < 4.78 is 7.24. The number of furan rings is 1. The highest BCUT2D eigenvalue weighted by atomic mass is 32.2. The van der Waals surface area contributed by atoms with Crippen LogP contribution in [0.4, 0.5) is 5.69 Å². The molecule has 0 aliphatic rings. The summed E-state index contributed by atoms with van der Waals surface area (Å²) >= 11 is 1.41. The van der Waals surface area contributed by atoms with Gasteiger partial charge in [0.1, 0.15) is 5.76 Å². The number of benzene rings is 1. The number of para-hydroxylation sites is 1. The predicted molar refractivity (Wildman–Crippen MR) is 103 cm³/mol. The van der Waals surface area contributed by atoms with Gasteiger partial charge in [0.15, 0.2) is 11.0 Å². The van der Waals surface area contributed by atoms with Crippen LogP contribution in [0.1, 0.15) is 19.6 Å². The third-order valence-corrected chi connectivity index (χ3v) is 5.34. The Kier molecular flexibility index (Phi) is 5.46. The number of rotatable bonds is 6. The topological polar surface area (TPSA) is 64.2 Å². The molecule has 0 N–H and O–H groups in total. The van der Waals surface area contributed by atoms with Gasteiger partial charge in [-0.05, 0) is 39.0 Å². The van der Waals surface area contributed by atoms with Gasteiger partial charge in [-0.25, -0.2) is 0 Å². The van der Waals surface area contributed by atoms with E-state index in [-0.39, 0.29) is 11.2 Å². The predicted octanol–water partition coefficient (Wildman–Crippen LogP) is 3.92. The number of thioether (sulfide) groups is 1. The lowest BCUT2D eigenvalue weighted by atomic mass is 10.2. The summed E-state index contributed by atoms with van der Waals surface area (Å²) in [7, 11) is 1.90. The first-order valence-corrected chi connectivity index (χ1v) is 9.37. The Bertz CT molecular complexity index is 888. The molecule has 1 aromatic carbocycles. The van der Waals surface area contributed by atoms with Gasteiger partial charge < -0.3 is 13.9 Å². The minimum Gasteiger partial charge on any atom is -0.469 e. The molecule has 2 aromatic heterocycles. The lowest BCUT2D eigenvalue weighted by molar-refractivity contribution is -0.117. The van der Waals surface area contributed by atoms with E-state index in [2.05, 4.69) is 10.2 Å². The SMILES string of the molecule is CCN(C(=O)C(C)Sc1nnc(-c2ccoc2C)n1C)c1ccccc1. The minimum absolute atomic E-state index is 0.0488. The molecule has 1 atom stereocenters. The highest BCUT2D eigenvalue weighted by molar-refractivity contribution is 8.00. The number of carbonyl (C=O) groups is 1. The van der Waals surface area contributed by atoms with Gasteiger partial charge in [-0.2, -0.15) is 0 Å². The number of amides is 1. The molecule has 26 heavy (non-hydrogen) atoms. The van der Waals surface area contributed by atoms with Gasteiger partial charge in [0.25, 0.3) is 0 Å². The van der Waals surface area contributed by atoms with Gasteiger partial charge in [0.05, 0.1) is 17.1 Å². The third kappa shape index (κ3) is 3.53. The number of aromatic nitrogens is 3. The van der Waals surface area contributed by atoms with Crippen LogP contribution in [0.3, 0.4) is 0 Å². The molecule has 3 aromatic rings. The zero-order valence-corrected chi connectivity index (χ0v) is 16.2. The Hall–Kier alpha value is -2.54. The van der Waals surface area contributed by atoms with E-state index < -0.39 is 0 Å². The van der Waals surface area contributed by atoms with Crippen LogP contribution >= 0.6 is 11.8 Å². The maximum atomic E-state index is 12.9. The fourth-order valence-electron chi connectivity index (χ4n) is 2.77. The molecule has 0 saturated heterocycles. The van der Waals surface area contributed by atoms with Crippen molar-refractivity contribution in [2.75, 3.05) is 11.4 Å². The van der Waals surface area contributed by atoms with E-state index in [1.807, 2.05) is 68.8 Å². The minimum atomic E-state index is -0.281. The maximum absolute atomic E-state index is 12.9. The molecular formula is C19H22N4O2S. The average molecular weight is 370 g/mol. The first kappa shape index (κ1) is 18.3. The molecule has 0 saturated carbocycles. The van der Waals surface area contributed by atoms with Crippen LogP contribution in [0.15, 0.2) is 52.2 Å². The summed E-state index contributed by atoms with van der Waals surface area (Å²) in [6.07, 6.45) is 1.64. The summed E-state index contributed by atoms with van der Waals surface area (Å²) in [6, 6.07) is 11.6. The Morgan fingerprint density at radius 2 is 2.00 bits per heavy atom. The van der Waals surface area contributed by atoms with Crippen LogP contribution in [0.5, 0.6) is 0 Å². The molecule has 136 valence electrons. The Morgan fingerprint density at radius 3 is 2.62 bits per heavy atom. The summed E-state index contributed by atoms with van der Waals surface area (Å²) in [5, 5.41) is 8.94. The third-order valence-electron chi connectivity index (χ3n) is 4.21. The van der Waals surface area contributed by atoms with Gasteiger partial charge in [-0.3, -0.25) is 4.79 Å². The standard InChI is InChI=1S/C19H22N4O2S/c1-5-23(15-9-7-6-8-10-15)18(24)14(3)26-19-21-20-17(22(19)4)16-11-12-25-13(16)2/h6-12,14H,5H2,1-4H3. The zero-order chi connectivity index (χ0) is 18.7. The molecule has 0 aliphatic carbocycles. The molecule has 3 rings (SSSR count). The summed E-state index contributed by atoms with van der Waals surface area (Å²) in [6.45, 7) is 6.38. The molecule has 2 heterocycles. The fraction of sp³-hybridized carbons (Fsp3) is 0.316. The Morgan fingerprint density at radius 1 is 1.27 bits per heavy atom. The lowest BCUT2D eigenvalue weighted by Gasteiger charge is -2.24. The number of hydrogen-bond acceptors (Lipinski definition) is 5. The fourth-order valence-corrected chi connectivity index (χ4v) is 3.65. The van der Waals surface area contributed by atoms with Crippen LogP contribution in [0.2, 0.25) is 0 Å². The second kappa shape index (κ2) is 7.78. The highest BCUT2D eigenvalue weighted by Gasteiger charge is 2.24. The van der Waals surface area contributed by atoms with E-state index in [0.29, 0.717) is 11.7 Å². The molecule has 7 heteroatoms. The summed E-state index contributed by atoms with van der Waals surface area (Å²) in [5.74, 6) is 1.57. The van der Waals surface area contributed by atoms with Crippen LogP contribution in [-0.4, -0.2) is 32.5 Å². The van der Waals surface area contributed by atoms with E-state index in [9.17, 15) is 4.79 Å². The summed E-state index contributed by atoms with van der Waals surface area (Å²) in [4.78, 5) is 14.7. The van der Waals surface area contributed by atoms with Gasteiger partial charge in [0, 0.05) is 19.3 Å². The quantitative estimate of drug-likeness (QED) is 0.616. The van der Waals surface area contributed by atoms with Crippen LogP contribution in [-0.2, 0) is 11.8 Å². The molecule has 0 spiro atoms. The lowest BCUT2D eigenvalue weighted by Crippen LogP contribution is -2.36. The monoisotopic (exact) mass is 370 g/mol. The van der Waals surface area contributed by atoms with Crippen molar-refractivity contribution in [2.45, 2.75) is 31.2 Å². The Balaban J connectivity index is 1.78. The van der Waals surface area contributed by atoms with E-state index in [1.165, 1.54) is 11.8 Å². The number of hydrogen-bond donors (Lipinski definition) is 0. The molecule has 0 aliphatic heterocycles. The van der Waals surface area contributed by atoms with Crippen molar-refractivity contribution in [1.82, 2.24) is 14.8 Å². The number of anilines is 1. The second-order valence-corrected chi connectivity index (χ2v) is 7.24. The Labute approximate surface area is 157 Å². The zero-order valence-electron chi connectivity index (χ0n) is 15.3. The van der Waals surface area contributed by atoms with Gasteiger partial charge in [0.2, 0.25) is 5.91 Å². The van der Waals surface area contributed by atoms with Crippen LogP contribution < -0.4 is 4.90 Å². The first-order chi connectivity index (χ1) is 12.5. The van der Waals surface area contributed by atoms with Crippen molar-refractivity contribution in [2.24, 2.45) is 7.05 Å². The molecule has 0 bridgehead atoms. The molecule has 0 radical (unpaired) electrons. The van der Waals surface area contributed by atoms with E-state index in [4.69, 9.17) is 4.42 Å². The molecule has 1 amide bonds. The van der Waals surface area contributed by atoms with E-state index in [1.54, 1.807) is 11.2 Å². The van der Waals surface area contributed by atoms with Crippen molar-refractivity contribution in [3.8, 4) is 11.4 Å². The highest BCUT2D eigenvalue weighted by Crippen LogP contribution is 2.29. The molecule has 0 fully saturated rings. The summed E-state index contributed by atoms with van der Waals surface area (Å²) in [5.41, 5.74) is 1.81. The second-order valence-electron chi connectivity index (χ2n) is 5.93. The van der Waals surface area contributed by atoms with Gasteiger partial charge in [-0.15, -0.1) is 10.2 Å². The van der Waals surface area contributed by atoms with Crippen molar-refractivity contribution >= 4 is 23.4 Å². The number of nitrogens with zero attached hydrogens (tertiary/aromatic N) is 4. The number of aryl methyl sites for hydroxylation is 1. The number of carbonyl (C=O) groups excluding carboxylic acids is 1. The van der Waals surface area contributed by atoms with Crippen molar-refractivity contribution in [3.63, 3.8) is 0 Å². The molecular weight excluding hydrogens is 348 g/mol. The van der Waals surface area contributed by atoms with Crippen molar-refractivity contribution < 1.29 is 9.21 Å². The van der Waals surface area contributed by atoms with Crippen molar-refractivity contribution in [3.05, 3.63) is 48.4 Å². The van der Waals surface area contributed by atoms with E-state index >= 15 is 0 Å². The first-order valence-electron chi connectivity index (χ1n) is 8.49. The van der Waals surface area contributed by atoms with Crippen molar-refractivity contribution in [1.29, 1.82) is 0 Å². The normalized spacial score (nSPS) is 12.2. The van der Waals surface area contributed by atoms with Gasteiger partial charge in [-0.1, -0.05) is 30.0 Å². The van der Waals surface area contributed by atoms with Crippen LogP contribution in [0.25, 0.3) is 11.4 Å². The average Bonchev–Trinajstić information content (AvgIpc) is 3.22. The largest absolute Gasteiger partial charge is 0.469 e. The maximum Gasteiger partial charge on any atom is 0.240 e. The van der Waals surface area contributed by atoms with E-state index in [0.717, 1.165) is 22.8 Å². The molecule has 1 unspecified atom stereocenters. The van der Waals surface area contributed by atoms with Crippen LogP contribution in [0, 0.1) is 6.92 Å². The van der Waals surface area contributed by atoms with Gasteiger partial charge >= 0.3 is 0 Å². The smallest absolute Gasteiger partial charge is 0.240 e. The molecule has 6 nitrogen and oxygen atoms in total.